The average molecular weight is 1800 g/mol. The lowest BCUT2D eigenvalue weighted by Crippen LogP contribution is -2.37. The lowest BCUT2D eigenvalue weighted by Gasteiger charge is -2.27. The Balaban J connectivity index is 0.000000489. The lowest BCUT2D eigenvalue weighted by atomic mass is 10.0. The molecule has 122 heavy (non-hydrogen) atoms. The van der Waals surface area contributed by atoms with E-state index in [9.17, 15) is 40.8 Å². The minimum atomic E-state index is -3.44. The number of benzene rings is 5. The Morgan fingerprint density at radius 1 is 0.525 bits per heavy atom. The predicted molar refractivity (Wildman–Crippen MR) is 489 cm³/mol. The van der Waals surface area contributed by atoms with Gasteiger partial charge in [0.2, 0.25) is 9.05 Å². The summed E-state index contributed by atoms with van der Waals surface area (Å²) in [5, 5.41) is 27.3. The van der Waals surface area contributed by atoms with Crippen molar-refractivity contribution >= 4 is 105 Å². The number of fused-ring (bicyclic) bond motifs is 2. The molecule has 8 aromatic rings. The average Bonchev–Trinajstić information content (AvgIpc) is 1.67. The van der Waals surface area contributed by atoms with Crippen molar-refractivity contribution in [3.05, 3.63) is 203 Å². The zero-order valence-electron chi connectivity index (χ0n) is 72.3. The second-order valence-corrected chi connectivity index (χ2v) is 35.2. The molecule has 1 aliphatic carbocycles. The number of alkyl carbamates (subject to hydrolysis) is 3. The van der Waals surface area contributed by atoms with Crippen molar-refractivity contribution in [2.24, 2.45) is 18.5 Å². The zero-order valence-corrected chi connectivity index (χ0v) is 76.2. The second-order valence-electron chi connectivity index (χ2n) is 29.8. The molecule has 11 rings (SSSR count). The summed E-state index contributed by atoms with van der Waals surface area (Å²) in [4.78, 5) is 70.6. The number of aryl methyl sites for hydroxylation is 1. The molecule has 678 valence electrons. The first-order valence-corrected chi connectivity index (χ1v) is 46.9. The van der Waals surface area contributed by atoms with Crippen LogP contribution in [0.15, 0.2) is 170 Å². The van der Waals surface area contributed by atoms with Crippen molar-refractivity contribution in [3.63, 3.8) is 0 Å². The molecule has 32 heteroatoms. The third-order valence-corrected chi connectivity index (χ3v) is 19.5. The number of nitrogens with two attached hydrogens (primary N) is 2. The summed E-state index contributed by atoms with van der Waals surface area (Å²) >= 11 is 11.4. The van der Waals surface area contributed by atoms with Crippen molar-refractivity contribution in [1.82, 2.24) is 40.3 Å². The van der Waals surface area contributed by atoms with Crippen LogP contribution >= 0.6 is 33.9 Å². The maximum Gasteiger partial charge on any atom is 0.407 e. The van der Waals surface area contributed by atoms with Gasteiger partial charge in [-0.25, -0.2) is 37.4 Å². The van der Waals surface area contributed by atoms with Gasteiger partial charge in [-0.2, -0.15) is 8.42 Å². The molecule has 5 atom stereocenters. The number of amides is 3. The van der Waals surface area contributed by atoms with Crippen LogP contribution in [0.2, 0.25) is 5.02 Å². The van der Waals surface area contributed by atoms with E-state index in [0.29, 0.717) is 49.2 Å². The highest BCUT2D eigenvalue weighted by Crippen LogP contribution is 2.31. The molecule has 0 spiro atoms. The number of piperidine rings is 2. The molecule has 0 radical (unpaired) electrons. The standard InChI is InChI=1S/C20H16ClN3O2.C17H26N2O2.C13H19NO5S.C12H17NO3.C9H20N2.C8H7ClO2.C6H12.C4H11NO.CH3ClO2S.H2/c1-3-26-20(25)19-9-13-8-12(4-5-18(13)24(19)2)17-10-15(21)14-11-22-7-6-16(14)23-17;1-15(10-13-19-11-6-3-7-12-19)18-17(20)21-14-16-8-4-2-5-9-16;1-11(8-9-19-20(2,16)17)14-13(15)18-10-12-6-4-3-5-7-12;1-10(7-8-14)13-12(15)16-9-11-5-3-2-4-6-11;1-9(10)5-8-11-6-3-2-4-7-11;9-8(10)11-6-7-4-2-1-3-5-7;1-2-4-6-5-3-1;1-4(5)2-3-6;1-5(2,3)4;/h4-11H,3H2,1-2H3;2,4-5,8-9,15H,3,6-7,10-14H2,1H3,(H,18,20);3-7,11H,8-10H2,1-2H3,(H,14,15);2-6,10,14H,7-9H2,1H3,(H,13,15);9H,2-8,10H2,1H3;1-5H,6H2;1-6H2;4,6H,2-3,5H2,1H3;1H3;1H. The third kappa shape index (κ3) is 53.5. The summed E-state index contributed by atoms with van der Waals surface area (Å²) in [6.07, 6.45) is 24.9. The van der Waals surface area contributed by atoms with E-state index in [1.165, 1.54) is 110 Å². The first-order chi connectivity index (χ1) is 58.2. The van der Waals surface area contributed by atoms with E-state index < -0.39 is 36.8 Å². The molecule has 5 unspecified atom stereocenters. The summed E-state index contributed by atoms with van der Waals surface area (Å²) in [7, 11) is -0.277. The quantitative estimate of drug-likeness (QED) is 0.0104. The highest BCUT2D eigenvalue weighted by molar-refractivity contribution is 8.13. The van der Waals surface area contributed by atoms with E-state index in [0.717, 1.165) is 87.2 Å². The maximum atomic E-state index is 12.1. The van der Waals surface area contributed by atoms with Gasteiger partial charge >= 0.3 is 29.7 Å². The Kier molecular flexibility index (Phi) is 55.9. The van der Waals surface area contributed by atoms with Gasteiger partial charge in [0.05, 0.1) is 42.0 Å². The number of hydrogen-bond donors (Lipinski definition) is 7. The van der Waals surface area contributed by atoms with Crippen molar-refractivity contribution in [1.29, 1.82) is 0 Å². The van der Waals surface area contributed by atoms with Crippen molar-refractivity contribution in [3.8, 4) is 11.3 Å². The Morgan fingerprint density at radius 3 is 1.30 bits per heavy atom. The number of rotatable bonds is 28. The van der Waals surface area contributed by atoms with Crippen molar-refractivity contribution in [2.75, 3.05) is 78.2 Å². The van der Waals surface area contributed by atoms with E-state index in [4.69, 9.17) is 63.8 Å². The summed E-state index contributed by atoms with van der Waals surface area (Å²) in [6.45, 7) is 20.3. The molecule has 5 heterocycles. The minimum Gasteiger partial charge on any atom is -0.461 e. The summed E-state index contributed by atoms with van der Waals surface area (Å²) in [6, 6.07) is 49.7. The van der Waals surface area contributed by atoms with Crippen LogP contribution in [0.3, 0.4) is 0 Å². The van der Waals surface area contributed by atoms with Gasteiger partial charge in [0.15, 0.2) is 0 Å². The summed E-state index contributed by atoms with van der Waals surface area (Å²) < 4.78 is 71.7. The highest BCUT2D eigenvalue weighted by atomic mass is 35.7. The Morgan fingerprint density at radius 2 is 0.918 bits per heavy atom. The number of nitrogens with zero attached hydrogens (tertiary/aromatic N) is 5. The first-order valence-electron chi connectivity index (χ1n) is 41.6. The molecule has 1 saturated carbocycles. The van der Waals surface area contributed by atoms with E-state index in [2.05, 4.69) is 62.2 Å². The van der Waals surface area contributed by atoms with Gasteiger partial charge in [-0.05, 0) is 185 Å². The topological polar surface area (TPSA) is 375 Å². The van der Waals surface area contributed by atoms with Gasteiger partial charge in [0.25, 0.3) is 10.1 Å². The second kappa shape index (κ2) is 63.4. The van der Waals surface area contributed by atoms with Crippen LogP contribution in [0.5, 0.6) is 0 Å². The van der Waals surface area contributed by atoms with Gasteiger partial charge in [0, 0.05) is 115 Å². The fourth-order valence-electron chi connectivity index (χ4n) is 11.9. The normalized spacial score (nSPS) is 14.3. The van der Waals surface area contributed by atoms with Crippen LogP contribution in [0, 0.1) is 0 Å². The SMILES string of the molecule is C1CCCCC1.CC(CCN1CCCCC1)NC(=O)OCc1ccccc1.CC(CCO)NC(=O)OCc1ccccc1.CC(CCOS(C)(=O)=O)NC(=O)OCc1ccccc1.CC(N)CCN1CCCCC1.CC(N)CCO.CCOC(=O)c1cc2cc(-c3cc(Cl)c4cnccc4n3)ccc2n1C.CS(=O)(=O)Cl.O=C(Cl)OCc1ccccc1.[HH]. The monoisotopic (exact) mass is 1790 g/mol. The largest absolute Gasteiger partial charge is 0.461 e. The summed E-state index contributed by atoms with van der Waals surface area (Å²) in [5.41, 5.74) is 17.9. The van der Waals surface area contributed by atoms with Gasteiger partial charge in [-0.3, -0.25) is 9.17 Å². The fraction of sp³-hybridized carbons (Fsp3) is 0.500. The maximum absolute atomic E-state index is 12.1. The van der Waals surface area contributed by atoms with Crippen LogP contribution < -0.4 is 27.4 Å². The highest BCUT2D eigenvalue weighted by Gasteiger charge is 2.19. The van der Waals surface area contributed by atoms with Gasteiger partial charge < -0.3 is 75.7 Å². The number of carbonyl (C=O) groups excluding carboxylic acids is 5. The van der Waals surface area contributed by atoms with E-state index in [1.807, 2.05) is 190 Å². The number of pyridine rings is 2. The first kappa shape index (κ1) is 108. The van der Waals surface area contributed by atoms with Gasteiger partial charge in [0.1, 0.15) is 32.1 Å². The number of likely N-dealkylation sites (tertiary alicyclic amines) is 2. The molecular formula is C90H133Cl3N10O17S2. The van der Waals surface area contributed by atoms with Crippen molar-refractivity contribution < 1.29 is 80.3 Å². The number of ether oxygens (including phenoxy) is 5. The molecular weight excluding hydrogens is 1660 g/mol. The number of nitrogens with one attached hydrogen (secondary N) is 3. The van der Waals surface area contributed by atoms with E-state index >= 15 is 0 Å². The smallest absolute Gasteiger partial charge is 0.407 e. The van der Waals surface area contributed by atoms with E-state index in [1.54, 1.807) is 26.2 Å². The molecule has 2 aliphatic heterocycles. The lowest BCUT2D eigenvalue weighted by molar-refractivity contribution is 0.0515. The number of esters is 1. The van der Waals surface area contributed by atoms with Crippen LogP contribution in [0.1, 0.15) is 185 Å². The van der Waals surface area contributed by atoms with Crippen LogP contribution in [-0.2, 0) is 80.5 Å². The molecule has 3 fully saturated rings. The summed E-state index contributed by atoms with van der Waals surface area (Å²) in [5.74, 6) is -0.327. The zero-order chi connectivity index (χ0) is 89.9. The number of aromatic nitrogens is 3. The number of carbonyl (C=O) groups is 5. The molecule has 5 aromatic carbocycles. The number of aliphatic hydroxyl groups excluding tert-OH is 2. The molecule has 3 aromatic heterocycles. The molecule has 3 amide bonds. The number of hydrogen-bond acceptors (Lipinski definition) is 23. The van der Waals surface area contributed by atoms with Crippen molar-refractivity contribution in [2.45, 2.75) is 207 Å². The van der Waals surface area contributed by atoms with Crippen LogP contribution in [0.4, 0.5) is 19.2 Å². The van der Waals surface area contributed by atoms with Gasteiger partial charge in [-0.15, -0.1) is 0 Å². The number of halogens is 3. The Hall–Kier alpha value is -8.56. The molecule has 2 saturated heterocycles. The minimum absolute atomic E-state index is 0. The molecule has 27 nitrogen and oxygen atoms in total. The molecule has 0 bridgehead atoms. The van der Waals surface area contributed by atoms with E-state index in [-0.39, 0.29) is 77.3 Å². The predicted octanol–water partition coefficient (Wildman–Crippen LogP) is 17.4. The van der Waals surface area contributed by atoms with Crippen LogP contribution in [0.25, 0.3) is 33.1 Å². The Bertz CT molecular complexity index is 4410. The Labute approximate surface area is 738 Å². The molecule has 3 aliphatic rings. The third-order valence-electron chi connectivity index (χ3n) is 18.5. The number of aliphatic hydroxyl groups is 2. The van der Waals surface area contributed by atoms with Crippen LogP contribution in [-0.4, -0.2) is 189 Å². The van der Waals surface area contributed by atoms with Gasteiger partial charge in [-0.1, -0.05) is 190 Å². The molecule has 9 N–H and O–H groups in total. The fourth-order valence-corrected chi connectivity index (χ4v) is 12.6.